The van der Waals surface area contributed by atoms with Crippen LogP contribution in [0, 0.1) is 11.8 Å². The molecule has 2 fully saturated rings. The van der Waals surface area contributed by atoms with Gasteiger partial charge in [0.25, 0.3) is 0 Å². The summed E-state index contributed by atoms with van der Waals surface area (Å²) in [5.74, 6) is 2.54. The molecular formula is C17H25NO. The van der Waals surface area contributed by atoms with Crippen LogP contribution in [0.1, 0.15) is 57.1 Å². The molecule has 2 nitrogen and oxygen atoms in total. The van der Waals surface area contributed by atoms with E-state index < -0.39 is 0 Å². The van der Waals surface area contributed by atoms with Crippen molar-refractivity contribution in [1.29, 1.82) is 0 Å². The SMILES string of the molecule is CC1CCC(C(N)c2ccc(OC3CC3)cc2)CC1. The summed E-state index contributed by atoms with van der Waals surface area (Å²) in [7, 11) is 0. The van der Waals surface area contributed by atoms with Crippen molar-refractivity contribution in [2.24, 2.45) is 17.6 Å². The second kappa shape index (κ2) is 5.54. The lowest BCUT2D eigenvalue weighted by molar-refractivity contribution is 0.256. The first-order valence-corrected chi connectivity index (χ1v) is 7.74. The number of ether oxygens (including phenoxy) is 1. The fourth-order valence-electron chi connectivity index (χ4n) is 3.06. The number of benzene rings is 1. The van der Waals surface area contributed by atoms with Gasteiger partial charge in [-0.25, -0.2) is 0 Å². The smallest absolute Gasteiger partial charge is 0.119 e. The van der Waals surface area contributed by atoms with Gasteiger partial charge in [0.2, 0.25) is 0 Å². The van der Waals surface area contributed by atoms with Gasteiger partial charge in [-0.2, -0.15) is 0 Å². The summed E-state index contributed by atoms with van der Waals surface area (Å²) in [5.41, 5.74) is 7.70. The maximum absolute atomic E-state index is 6.44. The van der Waals surface area contributed by atoms with E-state index in [0.717, 1.165) is 11.7 Å². The Morgan fingerprint density at radius 3 is 2.21 bits per heavy atom. The average molecular weight is 259 g/mol. The predicted octanol–water partition coefficient (Wildman–Crippen LogP) is 4.05. The van der Waals surface area contributed by atoms with Crippen LogP contribution in [-0.4, -0.2) is 6.10 Å². The van der Waals surface area contributed by atoms with Crippen LogP contribution in [0.3, 0.4) is 0 Å². The van der Waals surface area contributed by atoms with Gasteiger partial charge < -0.3 is 10.5 Å². The minimum absolute atomic E-state index is 0.197. The molecule has 0 heterocycles. The Morgan fingerprint density at radius 2 is 1.63 bits per heavy atom. The van der Waals surface area contributed by atoms with Crippen molar-refractivity contribution in [3.63, 3.8) is 0 Å². The molecule has 0 bridgehead atoms. The summed E-state index contributed by atoms with van der Waals surface area (Å²) in [6, 6.07) is 8.67. The van der Waals surface area contributed by atoms with Crippen LogP contribution in [0.5, 0.6) is 5.75 Å². The number of nitrogens with two attached hydrogens (primary N) is 1. The molecule has 0 aliphatic heterocycles. The molecule has 0 amide bonds. The largest absolute Gasteiger partial charge is 0.490 e. The van der Waals surface area contributed by atoms with Gasteiger partial charge in [-0.15, -0.1) is 0 Å². The molecule has 1 aromatic carbocycles. The Labute approximate surface area is 116 Å². The molecule has 2 saturated carbocycles. The van der Waals surface area contributed by atoms with E-state index in [-0.39, 0.29) is 6.04 Å². The van der Waals surface area contributed by atoms with Crippen LogP contribution in [0.2, 0.25) is 0 Å². The molecule has 2 aliphatic rings. The molecule has 2 aliphatic carbocycles. The highest BCUT2D eigenvalue weighted by molar-refractivity contribution is 5.30. The molecule has 1 aromatic rings. The number of rotatable bonds is 4. The molecule has 19 heavy (non-hydrogen) atoms. The summed E-state index contributed by atoms with van der Waals surface area (Å²) in [6.07, 6.45) is 8.12. The molecule has 0 saturated heterocycles. The fourth-order valence-corrected chi connectivity index (χ4v) is 3.06. The van der Waals surface area contributed by atoms with Gasteiger partial charge in [0.15, 0.2) is 0 Å². The second-order valence-electron chi connectivity index (χ2n) is 6.43. The number of hydrogen-bond donors (Lipinski definition) is 1. The van der Waals surface area contributed by atoms with Crippen LogP contribution in [0.15, 0.2) is 24.3 Å². The predicted molar refractivity (Wildman–Crippen MR) is 78.1 cm³/mol. The topological polar surface area (TPSA) is 35.2 Å². The van der Waals surface area contributed by atoms with Gasteiger partial charge >= 0.3 is 0 Å². The lowest BCUT2D eigenvalue weighted by atomic mass is 9.78. The van der Waals surface area contributed by atoms with Crippen molar-refractivity contribution in [3.05, 3.63) is 29.8 Å². The molecule has 104 valence electrons. The van der Waals surface area contributed by atoms with Gasteiger partial charge in [0, 0.05) is 6.04 Å². The molecule has 0 radical (unpaired) electrons. The highest BCUT2D eigenvalue weighted by Gasteiger charge is 2.25. The fraction of sp³-hybridized carbons (Fsp3) is 0.647. The Bertz CT molecular complexity index is 402. The third-order valence-corrected chi connectivity index (χ3v) is 4.66. The highest BCUT2D eigenvalue weighted by Crippen LogP contribution is 2.36. The van der Waals surface area contributed by atoms with Crippen molar-refractivity contribution in [2.75, 3.05) is 0 Å². The zero-order valence-electron chi connectivity index (χ0n) is 11.8. The van der Waals surface area contributed by atoms with Crippen LogP contribution >= 0.6 is 0 Å². The van der Waals surface area contributed by atoms with E-state index in [4.69, 9.17) is 10.5 Å². The van der Waals surface area contributed by atoms with Crippen LogP contribution in [0.4, 0.5) is 0 Å². The molecule has 1 unspecified atom stereocenters. The van der Waals surface area contributed by atoms with Gasteiger partial charge in [0.05, 0.1) is 6.10 Å². The Balaban J connectivity index is 1.60. The minimum atomic E-state index is 0.197. The van der Waals surface area contributed by atoms with Crippen molar-refractivity contribution < 1.29 is 4.74 Å². The van der Waals surface area contributed by atoms with E-state index in [1.165, 1.54) is 44.1 Å². The van der Waals surface area contributed by atoms with Crippen LogP contribution < -0.4 is 10.5 Å². The number of hydrogen-bond acceptors (Lipinski definition) is 2. The Kier molecular flexibility index (Phi) is 3.79. The van der Waals surface area contributed by atoms with Gasteiger partial charge in [-0.3, -0.25) is 0 Å². The molecule has 0 aromatic heterocycles. The summed E-state index contributed by atoms with van der Waals surface area (Å²) in [5, 5.41) is 0. The summed E-state index contributed by atoms with van der Waals surface area (Å²) < 4.78 is 5.78. The summed E-state index contributed by atoms with van der Waals surface area (Å²) >= 11 is 0. The third kappa shape index (κ3) is 3.30. The van der Waals surface area contributed by atoms with Crippen molar-refractivity contribution >= 4 is 0 Å². The Hall–Kier alpha value is -1.02. The average Bonchev–Trinajstić information content (AvgIpc) is 3.24. The van der Waals surface area contributed by atoms with E-state index in [0.29, 0.717) is 12.0 Å². The minimum Gasteiger partial charge on any atom is -0.490 e. The van der Waals surface area contributed by atoms with E-state index in [1.807, 2.05) is 0 Å². The molecule has 0 spiro atoms. The lowest BCUT2D eigenvalue weighted by Gasteiger charge is -2.30. The summed E-state index contributed by atoms with van der Waals surface area (Å²) in [6.45, 7) is 2.35. The summed E-state index contributed by atoms with van der Waals surface area (Å²) in [4.78, 5) is 0. The molecule has 2 heteroatoms. The van der Waals surface area contributed by atoms with Gasteiger partial charge in [-0.1, -0.05) is 31.9 Å². The van der Waals surface area contributed by atoms with Crippen molar-refractivity contribution in [3.8, 4) is 5.75 Å². The van der Waals surface area contributed by atoms with Crippen molar-refractivity contribution in [1.82, 2.24) is 0 Å². The maximum Gasteiger partial charge on any atom is 0.119 e. The quantitative estimate of drug-likeness (QED) is 0.885. The van der Waals surface area contributed by atoms with E-state index in [1.54, 1.807) is 0 Å². The molecular weight excluding hydrogens is 234 g/mol. The zero-order valence-corrected chi connectivity index (χ0v) is 11.8. The molecule has 3 rings (SSSR count). The first-order chi connectivity index (χ1) is 9.22. The van der Waals surface area contributed by atoms with Crippen LogP contribution in [-0.2, 0) is 0 Å². The highest BCUT2D eigenvalue weighted by atomic mass is 16.5. The standard InChI is InChI=1S/C17H25NO/c1-12-2-4-13(5-3-12)17(18)14-6-8-15(9-7-14)19-16-10-11-16/h6-9,12-13,16-17H,2-5,10-11,18H2,1H3. The normalized spacial score (nSPS) is 28.9. The molecule has 2 N–H and O–H groups in total. The lowest BCUT2D eigenvalue weighted by Crippen LogP contribution is -2.25. The van der Waals surface area contributed by atoms with E-state index >= 15 is 0 Å². The Morgan fingerprint density at radius 1 is 1.00 bits per heavy atom. The van der Waals surface area contributed by atoms with E-state index in [2.05, 4.69) is 31.2 Å². The van der Waals surface area contributed by atoms with Gasteiger partial charge in [-0.05, 0) is 55.2 Å². The first-order valence-electron chi connectivity index (χ1n) is 7.74. The zero-order chi connectivity index (χ0) is 13.2. The van der Waals surface area contributed by atoms with Gasteiger partial charge in [0.1, 0.15) is 5.75 Å². The monoisotopic (exact) mass is 259 g/mol. The second-order valence-corrected chi connectivity index (χ2v) is 6.43. The maximum atomic E-state index is 6.44. The van der Waals surface area contributed by atoms with Crippen LogP contribution in [0.25, 0.3) is 0 Å². The first kappa shape index (κ1) is 13.0. The molecule has 1 atom stereocenters. The van der Waals surface area contributed by atoms with E-state index in [9.17, 15) is 0 Å². The third-order valence-electron chi connectivity index (χ3n) is 4.66. The van der Waals surface area contributed by atoms with Crippen molar-refractivity contribution in [2.45, 2.75) is 57.6 Å².